The first kappa shape index (κ1) is 29.1. The molecule has 1 heterocycles. The molecule has 0 amide bonds. The van der Waals surface area contributed by atoms with E-state index in [9.17, 15) is 0 Å². The predicted molar refractivity (Wildman–Crippen MR) is 157 cm³/mol. The molecule has 4 aromatic rings. The minimum Gasteiger partial charge on any atom is -0.374 e. The second-order valence-corrected chi connectivity index (χ2v) is 10.1. The molecule has 5 atom stereocenters. The Hall–Kier alpha value is -3.36. The fourth-order valence-corrected chi connectivity index (χ4v) is 4.94. The zero-order valence-corrected chi connectivity index (χ0v) is 23.4. The lowest BCUT2D eigenvalue weighted by atomic mass is 9.97. The maximum Gasteiger partial charge on any atom is 0.186 e. The van der Waals surface area contributed by atoms with Crippen LogP contribution in [0.5, 0.6) is 0 Å². The molecule has 4 aromatic carbocycles. The van der Waals surface area contributed by atoms with Crippen LogP contribution in [0.25, 0.3) is 0 Å². The third kappa shape index (κ3) is 8.57. The predicted octanol–water partition coefficient (Wildman–Crippen LogP) is 6.33. The van der Waals surface area contributed by atoms with Gasteiger partial charge in [0.15, 0.2) is 6.29 Å². The van der Waals surface area contributed by atoms with Gasteiger partial charge in [0.1, 0.15) is 24.4 Å². The molecule has 1 saturated heterocycles. The van der Waals surface area contributed by atoms with Crippen molar-refractivity contribution in [3.8, 4) is 0 Å². The van der Waals surface area contributed by atoms with Crippen LogP contribution in [0.1, 0.15) is 22.3 Å². The molecule has 0 N–H and O–H groups in total. The fourth-order valence-electron chi connectivity index (χ4n) is 4.94. The molecule has 0 radical (unpaired) electrons. The summed E-state index contributed by atoms with van der Waals surface area (Å²) in [7, 11) is 1.63. The molecule has 5 rings (SSSR count). The molecule has 0 spiro atoms. The topological polar surface area (TPSA) is 55.4 Å². The summed E-state index contributed by atoms with van der Waals surface area (Å²) in [5.41, 5.74) is 4.27. The minimum absolute atomic E-state index is 0.310. The first-order valence-electron chi connectivity index (χ1n) is 14.1. The van der Waals surface area contributed by atoms with Crippen molar-refractivity contribution in [1.82, 2.24) is 0 Å². The standard InChI is InChI=1S/C35H38O6/c1-36-35-34(40-25-30-20-12-5-13-21-30)33(39-24-29-18-10-4-11-19-29)32(38-23-28-16-8-3-9-17-28)31(41-35)26-37-22-27-14-6-2-7-15-27/h2-21,31-35H,22-26H2,1H3/t31?,32-,33?,34?,35-/m0/s1. The molecule has 41 heavy (non-hydrogen) atoms. The van der Waals surface area contributed by atoms with Gasteiger partial charge < -0.3 is 28.4 Å². The Labute approximate surface area is 242 Å². The average Bonchev–Trinajstić information content (AvgIpc) is 3.04. The zero-order chi connectivity index (χ0) is 28.1. The van der Waals surface area contributed by atoms with E-state index in [1.54, 1.807) is 7.11 Å². The summed E-state index contributed by atoms with van der Waals surface area (Å²) in [4.78, 5) is 0. The summed E-state index contributed by atoms with van der Waals surface area (Å²) >= 11 is 0. The van der Waals surface area contributed by atoms with Gasteiger partial charge in [0, 0.05) is 7.11 Å². The van der Waals surface area contributed by atoms with Crippen LogP contribution in [0.2, 0.25) is 0 Å². The smallest absolute Gasteiger partial charge is 0.186 e. The summed E-state index contributed by atoms with van der Waals surface area (Å²) < 4.78 is 38.2. The molecule has 0 bridgehead atoms. The van der Waals surface area contributed by atoms with Gasteiger partial charge in [-0.3, -0.25) is 0 Å². The van der Waals surface area contributed by atoms with Gasteiger partial charge in [-0.15, -0.1) is 0 Å². The summed E-state index contributed by atoms with van der Waals surface area (Å²) in [6.45, 7) is 1.97. The van der Waals surface area contributed by atoms with E-state index in [4.69, 9.17) is 28.4 Å². The summed E-state index contributed by atoms with van der Waals surface area (Å²) in [5, 5.41) is 0. The van der Waals surface area contributed by atoms with Gasteiger partial charge in [0.05, 0.1) is 33.0 Å². The van der Waals surface area contributed by atoms with Crippen molar-refractivity contribution in [1.29, 1.82) is 0 Å². The molecule has 1 aliphatic rings. The third-order valence-corrected chi connectivity index (χ3v) is 7.07. The van der Waals surface area contributed by atoms with Crippen LogP contribution in [0.4, 0.5) is 0 Å². The van der Waals surface area contributed by atoms with Crippen LogP contribution in [-0.4, -0.2) is 44.4 Å². The van der Waals surface area contributed by atoms with Crippen LogP contribution in [0, 0.1) is 0 Å². The van der Waals surface area contributed by atoms with E-state index in [2.05, 4.69) is 0 Å². The van der Waals surface area contributed by atoms with E-state index >= 15 is 0 Å². The highest BCUT2D eigenvalue weighted by atomic mass is 16.7. The van der Waals surface area contributed by atoms with Gasteiger partial charge in [0.25, 0.3) is 0 Å². The Bertz CT molecular complexity index is 1260. The molecule has 1 aliphatic heterocycles. The van der Waals surface area contributed by atoms with Crippen LogP contribution in [0.3, 0.4) is 0 Å². The molecule has 214 valence electrons. The van der Waals surface area contributed by atoms with E-state index in [0.717, 1.165) is 22.3 Å². The summed E-state index contributed by atoms with van der Waals surface area (Å²) in [5.74, 6) is 0. The van der Waals surface area contributed by atoms with E-state index in [1.807, 2.05) is 121 Å². The molecule has 0 aromatic heterocycles. The minimum atomic E-state index is -0.665. The molecule has 0 saturated carbocycles. The van der Waals surface area contributed by atoms with Gasteiger partial charge in [-0.05, 0) is 22.3 Å². The molecule has 1 fully saturated rings. The van der Waals surface area contributed by atoms with Crippen molar-refractivity contribution in [2.24, 2.45) is 0 Å². The van der Waals surface area contributed by atoms with Crippen LogP contribution >= 0.6 is 0 Å². The summed E-state index contributed by atoms with van der Waals surface area (Å²) in [6, 6.07) is 40.4. The van der Waals surface area contributed by atoms with Crippen molar-refractivity contribution in [2.45, 2.75) is 57.1 Å². The van der Waals surface area contributed by atoms with Crippen molar-refractivity contribution >= 4 is 0 Å². The Balaban J connectivity index is 1.38. The third-order valence-electron chi connectivity index (χ3n) is 7.07. The second-order valence-electron chi connectivity index (χ2n) is 10.1. The molecular weight excluding hydrogens is 516 g/mol. The normalized spacial score (nSPS) is 22.4. The van der Waals surface area contributed by atoms with Gasteiger partial charge in [-0.25, -0.2) is 0 Å². The monoisotopic (exact) mass is 554 g/mol. The molecule has 0 aliphatic carbocycles. The summed E-state index contributed by atoms with van der Waals surface area (Å²) in [6.07, 6.45) is -2.59. The number of benzene rings is 4. The Morgan fingerprint density at radius 2 is 0.878 bits per heavy atom. The molecule has 6 nitrogen and oxygen atoms in total. The number of methoxy groups -OCH3 is 1. The SMILES string of the molecule is CO[C@H]1OC(COCc2ccccc2)[C@H](OCc2ccccc2)C(OCc2ccccc2)C1OCc1ccccc1. The number of hydrogen-bond acceptors (Lipinski definition) is 6. The highest BCUT2D eigenvalue weighted by molar-refractivity contribution is 5.16. The molecule has 6 heteroatoms. The average molecular weight is 555 g/mol. The second kappa shape index (κ2) is 15.6. The Morgan fingerprint density at radius 3 is 1.32 bits per heavy atom. The van der Waals surface area contributed by atoms with Crippen LogP contribution in [-0.2, 0) is 54.8 Å². The van der Waals surface area contributed by atoms with Crippen molar-refractivity contribution in [2.75, 3.05) is 13.7 Å². The lowest BCUT2D eigenvalue weighted by molar-refractivity contribution is -0.323. The lowest BCUT2D eigenvalue weighted by Gasteiger charge is -2.45. The largest absolute Gasteiger partial charge is 0.374 e. The van der Waals surface area contributed by atoms with Gasteiger partial charge in [0.2, 0.25) is 0 Å². The quantitative estimate of drug-likeness (QED) is 0.182. The highest BCUT2D eigenvalue weighted by Gasteiger charge is 2.48. The number of hydrogen-bond donors (Lipinski definition) is 0. The highest BCUT2D eigenvalue weighted by Crippen LogP contribution is 2.31. The Morgan fingerprint density at radius 1 is 0.488 bits per heavy atom. The first-order valence-corrected chi connectivity index (χ1v) is 14.1. The van der Waals surface area contributed by atoms with E-state index in [0.29, 0.717) is 33.0 Å². The first-order chi connectivity index (χ1) is 20.3. The molecular formula is C35H38O6. The van der Waals surface area contributed by atoms with Crippen molar-refractivity contribution in [3.63, 3.8) is 0 Å². The Kier molecular flexibility index (Phi) is 11.1. The maximum absolute atomic E-state index is 6.63. The van der Waals surface area contributed by atoms with E-state index < -0.39 is 30.7 Å². The number of rotatable bonds is 14. The van der Waals surface area contributed by atoms with E-state index in [1.165, 1.54) is 0 Å². The van der Waals surface area contributed by atoms with Gasteiger partial charge >= 0.3 is 0 Å². The van der Waals surface area contributed by atoms with E-state index in [-0.39, 0.29) is 0 Å². The van der Waals surface area contributed by atoms with Gasteiger partial charge in [-0.2, -0.15) is 0 Å². The van der Waals surface area contributed by atoms with Crippen LogP contribution < -0.4 is 0 Å². The lowest BCUT2D eigenvalue weighted by Crippen LogP contribution is -2.61. The number of ether oxygens (including phenoxy) is 6. The van der Waals surface area contributed by atoms with Crippen LogP contribution in [0.15, 0.2) is 121 Å². The van der Waals surface area contributed by atoms with Crippen molar-refractivity contribution < 1.29 is 28.4 Å². The molecule has 3 unspecified atom stereocenters. The fraction of sp³-hybridized carbons (Fsp3) is 0.314. The zero-order valence-electron chi connectivity index (χ0n) is 23.4. The van der Waals surface area contributed by atoms with Crippen molar-refractivity contribution in [3.05, 3.63) is 144 Å². The van der Waals surface area contributed by atoms with Gasteiger partial charge in [-0.1, -0.05) is 121 Å². The maximum atomic E-state index is 6.63.